The molecule has 7 aromatic heterocycles. The maximum absolute atomic E-state index is 5.44. The molecule has 0 bridgehead atoms. The van der Waals surface area contributed by atoms with Crippen LogP contribution in [0.2, 0.25) is 0 Å². The molecule has 0 saturated heterocycles. The molecule has 0 amide bonds. The van der Waals surface area contributed by atoms with E-state index in [9.17, 15) is 0 Å². The van der Waals surface area contributed by atoms with Crippen LogP contribution in [-0.4, -0.2) is 37.6 Å². The molecular formula is C136H94N8. The highest BCUT2D eigenvalue weighted by molar-refractivity contribution is 6.19. The SMILES string of the molecule is CC1(C)c2ccccc2-c2ccc(-n3c4ccccc4c4cc(-c5ccc6c(c5)c5cc(-c7ccc8c(c7)c7ccccc7n8-c7ccc8c(c7)C(C)(C)c7ccccc7-8)ccc5n6-c5ccc(-n6c7ccc(-c8ccc9c(c8)c8ccccc8n9-c8ccc9c(c8)C(C)(C)c8ccccc8-9)cc7c7cc(-c8ccc9c(c8)c8ccccc8n9-c8ccc9c(c8)C(C)(C)c8ccccc8-9)ccc76)nn5)ccc43)cc21. The Morgan fingerprint density at radius 2 is 0.312 bits per heavy atom. The molecular weight excluding hydrogens is 1750 g/mol. The average molecular weight is 1840 g/mol. The van der Waals surface area contributed by atoms with E-state index in [-0.39, 0.29) is 21.7 Å². The lowest BCUT2D eigenvalue weighted by Gasteiger charge is -2.22. The minimum absolute atomic E-state index is 0.144. The molecule has 7 heterocycles. The summed E-state index contributed by atoms with van der Waals surface area (Å²) in [6.45, 7) is 19.0. The van der Waals surface area contributed by atoms with Crippen molar-refractivity contribution in [3.8, 4) is 123 Å². The molecule has 0 N–H and O–H groups in total. The molecule has 4 aliphatic rings. The van der Waals surface area contributed by atoms with Gasteiger partial charge < -0.3 is 18.3 Å². The minimum atomic E-state index is -0.144. The number of benzene rings is 20. The summed E-state index contributed by atoms with van der Waals surface area (Å²) in [5.41, 5.74) is 48.2. The van der Waals surface area contributed by atoms with Gasteiger partial charge in [-0.2, -0.15) is 0 Å². The van der Waals surface area contributed by atoms with Gasteiger partial charge in [0.2, 0.25) is 0 Å². The maximum Gasteiger partial charge on any atom is 0.160 e. The minimum Gasteiger partial charge on any atom is -0.309 e. The van der Waals surface area contributed by atoms with Crippen LogP contribution in [-0.2, 0) is 21.7 Å². The molecule has 8 nitrogen and oxygen atoms in total. The number of hydrogen-bond donors (Lipinski definition) is 0. The van der Waals surface area contributed by atoms with Crippen LogP contribution in [0.5, 0.6) is 0 Å². The Morgan fingerprint density at radius 1 is 0.139 bits per heavy atom. The number of hydrogen-bond acceptors (Lipinski definition) is 2. The van der Waals surface area contributed by atoms with E-state index in [4.69, 9.17) is 10.2 Å². The van der Waals surface area contributed by atoms with Crippen molar-refractivity contribution in [3.63, 3.8) is 0 Å². The topological polar surface area (TPSA) is 55.4 Å². The van der Waals surface area contributed by atoms with Crippen LogP contribution in [0.3, 0.4) is 0 Å². The van der Waals surface area contributed by atoms with Gasteiger partial charge in [-0.25, -0.2) is 0 Å². The van der Waals surface area contributed by atoms with E-state index >= 15 is 0 Å². The van der Waals surface area contributed by atoms with E-state index in [1.54, 1.807) is 0 Å². The Bertz CT molecular complexity index is 9280. The van der Waals surface area contributed by atoms with Gasteiger partial charge in [0.05, 0.1) is 66.2 Å². The summed E-state index contributed by atoms with van der Waals surface area (Å²) in [6.07, 6.45) is 0. The summed E-state index contributed by atoms with van der Waals surface area (Å²) >= 11 is 0. The quantitative estimate of drug-likeness (QED) is 0.137. The number of aromatic nitrogens is 8. The molecule has 0 radical (unpaired) electrons. The second kappa shape index (κ2) is 29.0. The van der Waals surface area contributed by atoms with Crippen LogP contribution in [0.1, 0.15) is 99.9 Å². The van der Waals surface area contributed by atoms with E-state index in [0.29, 0.717) is 0 Å². The van der Waals surface area contributed by atoms with Gasteiger partial charge in [-0.3, -0.25) is 9.13 Å². The highest BCUT2D eigenvalue weighted by Gasteiger charge is 2.41. The van der Waals surface area contributed by atoms with Gasteiger partial charge in [0.15, 0.2) is 11.6 Å². The first kappa shape index (κ1) is 81.2. The molecule has 31 rings (SSSR count). The lowest BCUT2D eigenvalue weighted by atomic mass is 9.82. The first-order valence-electron chi connectivity index (χ1n) is 50.6. The van der Waals surface area contributed by atoms with Gasteiger partial charge in [0, 0.05) is 109 Å². The Hall–Kier alpha value is -17.7. The molecule has 8 heteroatoms. The molecule has 0 atom stereocenters. The van der Waals surface area contributed by atoms with Crippen molar-refractivity contribution in [1.82, 2.24) is 37.6 Å². The average Bonchev–Trinajstić information content (AvgIpc) is 1.57. The van der Waals surface area contributed by atoms with Crippen LogP contribution < -0.4 is 0 Å². The molecule has 0 spiro atoms. The Labute approximate surface area is 832 Å². The molecule has 0 aliphatic heterocycles. The van der Waals surface area contributed by atoms with Crippen molar-refractivity contribution in [2.24, 2.45) is 0 Å². The molecule has 144 heavy (non-hydrogen) atoms. The van der Waals surface area contributed by atoms with E-state index in [1.165, 1.54) is 176 Å². The Kier molecular flexibility index (Phi) is 16.3. The van der Waals surface area contributed by atoms with Crippen molar-refractivity contribution in [3.05, 3.63) is 469 Å². The van der Waals surface area contributed by atoms with Crippen molar-refractivity contribution in [1.29, 1.82) is 0 Å². The van der Waals surface area contributed by atoms with Crippen molar-refractivity contribution in [2.75, 3.05) is 0 Å². The molecule has 0 saturated carbocycles. The summed E-state index contributed by atoms with van der Waals surface area (Å²) < 4.78 is 14.6. The predicted molar refractivity (Wildman–Crippen MR) is 600 cm³/mol. The van der Waals surface area contributed by atoms with Gasteiger partial charge in [-0.1, -0.05) is 298 Å². The number of fused-ring (bicyclic) bond motifs is 30. The number of rotatable bonds is 10. The maximum atomic E-state index is 5.44. The van der Waals surface area contributed by atoms with Crippen LogP contribution in [0.25, 0.3) is 254 Å². The van der Waals surface area contributed by atoms with E-state index in [2.05, 4.69) is 507 Å². The summed E-state index contributed by atoms with van der Waals surface area (Å²) in [5, 5.41) is 25.1. The van der Waals surface area contributed by atoms with Gasteiger partial charge >= 0.3 is 0 Å². The van der Waals surface area contributed by atoms with Gasteiger partial charge in [-0.05, 0) is 316 Å². The van der Waals surface area contributed by atoms with E-state index in [1.807, 2.05) is 0 Å². The molecule has 0 fully saturated rings. The Morgan fingerprint density at radius 3 is 0.528 bits per heavy atom. The molecule has 0 unspecified atom stereocenters. The highest BCUT2D eigenvalue weighted by Crippen LogP contribution is 2.57. The fourth-order valence-electron chi connectivity index (χ4n) is 26.9. The number of nitrogens with zero attached hydrogens (tertiary/aromatic N) is 8. The second-order valence-electron chi connectivity index (χ2n) is 42.8. The normalized spacial score (nSPS) is 14.3. The highest BCUT2D eigenvalue weighted by atomic mass is 15.3. The van der Waals surface area contributed by atoms with Gasteiger partial charge in [0.25, 0.3) is 0 Å². The van der Waals surface area contributed by atoms with Crippen LogP contribution in [0, 0.1) is 0 Å². The van der Waals surface area contributed by atoms with E-state index < -0.39 is 0 Å². The molecule has 27 aromatic rings. The molecule has 4 aliphatic carbocycles. The fourth-order valence-corrected chi connectivity index (χ4v) is 26.9. The standard InChI is InChI=1S/C136H94N8/c1-133(2)111-33-17-9-25-91(111)95-53-49-87(75-115(95)133)139-119-37-21-13-29-99(119)103-67-79(41-57-123(103)139)83-45-61-127-107(71-83)108-72-84(80-42-58-124-104(68-80)100-30-14-22-38-120(100)140(124)88-50-54-96-92-26-10-18-34-112(92)134(3,4)116(96)76-88)46-62-128(108)143(127)131-65-66-132(138-137-131)144-129-63-47-85(81-43-59-125-105(69-81)101-31-15-23-39-121(101)141(125)89-51-55-97-93-27-11-19-35-113(93)135(5,6)117(97)77-89)73-109(129)110-74-86(48-64-130(110)144)82-44-60-126-106(70-82)102-32-16-24-40-122(102)142(126)90-52-56-98-94-28-12-20-36-114(94)136(7,8)118(98)78-90/h9-78H,1-8H3. The zero-order valence-corrected chi connectivity index (χ0v) is 81.0. The van der Waals surface area contributed by atoms with Crippen molar-refractivity contribution < 1.29 is 0 Å². The van der Waals surface area contributed by atoms with Gasteiger partial charge in [-0.15, -0.1) is 10.2 Å². The van der Waals surface area contributed by atoms with Crippen molar-refractivity contribution >= 4 is 131 Å². The third-order valence-corrected chi connectivity index (χ3v) is 33.9. The van der Waals surface area contributed by atoms with E-state index in [0.717, 1.165) is 123 Å². The van der Waals surface area contributed by atoms with Crippen LogP contribution in [0.4, 0.5) is 0 Å². The third-order valence-electron chi connectivity index (χ3n) is 33.9. The third kappa shape index (κ3) is 11.1. The smallest absolute Gasteiger partial charge is 0.160 e. The van der Waals surface area contributed by atoms with Crippen LogP contribution in [0.15, 0.2) is 425 Å². The predicted octanol–water partition coefficient (Wildman–Crippen LogP) is 35.0. The summed E-state index contributed by atoms with van der Waals surface area (Å²) in [6, 6.07) is 161. The first-order chi connectivity index (χ1) is 70.4. The summed E-state index contributed by atoms with van der Waals surface area (Å²) in [4.78, 5) is 0. The summed E-state index contributed by atoms with van der Waals surface area (Å²) in [7, 11) is 0. The largest absolute Gasteiger partial charge is 0.309 e. The first-order valence-corrected chi connectivity index (χ1v) is 50.6. The molecule has 20 aromatic carbocycles. The fraction of sp³-hybridized carbons (Fsp3) is 0.0882. The molecule has 678 valence electrons. The zero-order chi connectivity index (χ0) is 95.6. The Balaban J connectivity index is 0.560. The summed E-state index contributed by atoms with van der Waals surface area (Å²) in [5.74, 6) is 1.44. The van der Waals surface area contributed by atoms with Crippen molar-refractivity contribution in [2.45, 2.75) is 77.0 Å². The number of para-hydroxylation sites is 4. The van der Waals surface area contributed by atoms with Crippen LogP contribution >= 0.6 is 0 Å². The lowest BCUT2D eigenvalue weighted by Crippen LogP contribution is -2.15. The van der Waals surface area contributed by atoms with Gasteiger partial charge in [0.1, 0.15) is 0 Å². The second-order valence-corrected chi connectivity index (χ2v) is 42.8. The zero-order valence-electron chi connectivity index (χ0n) is 81.0. The lowest BCUT2D eigenvalue weighted by molar-refractivity contribution is 0.660. The monoisotopic (exact) mass is 1840 g/mol.